The molecule has 2 aliphatic carbocycles. The van der Waals surface area contributed by atoms with Crippen LogP contribution in [0.1, 0.15) is 75.7 Å². The zero-order valence-electron chi connectivity index (χ0n) is 12.2. The van der Waals surface area contributed by atoms with Gasteiger partial charge in [-0.3, -0.25) is 0 Å². The van der Waals surface area contributed by atoms with Gasteiger partial charge in [0.25, 0.3) is 0 Å². The molecular weight excluding hydrogens is 234 g/mol. The van der Waals surface area contributed by atoms with Crippen LogP contribution >= 0.6 is 0 Å². The first-order chi connectivity index (χ1) is 9.26. The van der Waals surface area contributed by atoms with Crippen LogP contribution in [0.25, 0.3) is 0 Å². The van der Waals surface area contributed by atoms with Crippen LogP contribution in [0, 0.1) is 5.92 Å². The molecule has 2 aliphatic rings. The first kappa shape index (κ1) is 12.9. The predicted octanol–water partition coefficient (Wildman–Crippen LogP) is 4.08. The Labute approximate surface area is 116 Å². The third kappa shape index (κ3) is 3.07. The van der Waals surface area contributed by atoms with Crippen molar-refractivity contribution < 1.29 is 0 Å². The van der Waals surface area contributed by atoms with Gasteiger partial charge in [-0.2, -0.15) is 0 Å². The Balaban J connectivity index is 1.85. The minimum absolute atomic E-state index is 0.583. The lowest BCUT2D eigenvalue weighted by Gasteiger charge is -2.26. The van der Waals surface area contributed by atoms with Gasteiger partial charge >= 0.3 is 0 Å². The van der Waals surface area contributed by atoms with Gasteiger partial charge in [0.05, 0.1) is 0 Å². The van der Waals surface area contributed by atoms with Crippen molar-refractivity contribution in [2.75, 3.05) is 11.9 Å². The number of anilines is 1. The lowest BCUT2D eigenvalue weighted by atomic mass is 9.82. The van der Waals surface area contributed by atoms with Crippen LogP contribution in [-0.4, -0.2) is 16.5 Å². The molecule has 0 spiro atoms. The standard InChI is InChI=1S/C16H25N3/c1-3-17-15-10-14(12-7-8-12)18-16(19-15)13-6-4-5-11(2)9-13/h10-13H,3-9H2,1-2H3,(H,17,18,19). The summed E-state index contributed by atoms with van der Waals surface area (Å²) in [6, 6.07) is 2.16. The van der Waals surface area contributed by atoms with Crippen molar-refractivity contribution in [1.82, 2.24) is 9.97 Å². The summed E-state index contributed by atoms with van der Waals surface area (Å²) in [4.78, 5) is 9.65. The summed E-state index contributed by atoms with van der Waals surface area (Å²) in [5.74, 6) is 4.26. The van der Waals surface area contributed by atoms with Crippen LogP contribution in [0.3, 0.4) is 0 Å². The SMILES string of the molecule is CCNc1cc(C2CC2)nc(C2CCCC(C)C2)n1. The van der Waals surface area contributed by atoms with Gasteiger partial charge in [-0.25, -0.2) is 9.97 Å². The smallest absolute Gasteiger partial charge is 0.134 e. The van der Waals surface area contributed by atoms with Crippen molar-refractivity contribution in [2.45, 2.75) is 64.2 Å². The second-order valence-corrected chi connectivity index (χ2v) is 6.31. The van der Waals surface area contributed by atoms with Gasteiger partial charge in [0.15, 0.2) is 0 Å². The maximum absolute atomic E-state index is 4.88. The molecule has 0 amide bonds. The molecule has 3 nitrogen and oxygen atoms in total. The highest BCUT2D eigenvalue weighted by Crippen LogP contribution is 2.41. The molecule has 3 heteroatoms. The van der Waals surface area contributed by atoms with E-state index in [9.17, 15) is 0 Å². The fraction of sp³-hybridized carbons (Fsp3) is 0.750. The number of nitrogens with one attached hydrogen (secondary N) is 1. The van der Waals surface area contributed by atoms with Gasteiger partial charge in [-0.05, 0) is 38.5 Å². The molecule has 0 aromatic carbocycles. The van der Waals surface area contributed by atoms with E-state index in [4.69, 9.17) is 9.97 Å². The van der Waals surface area contributed by atoms with E-state index in [1.54, 1.807) is 0 Å². The van der Waals surface area contributed by atoms with Gasteiger partial charge in [-0.15, -0.1) is 0 Å². The number of aromatic nitrogens is 2. The molecule has 3 rings (SSSR count). The van der Waals surface area contributed by atoms with Gasteiger partial charge in [-0.1, -0.05) is 19.8 Å². The predicted molar refractivity (Wildman–Crippen MR) is 78.5 cm³/mol. The van der Waals surface area contributed by atoms with E-state index in [1.807, 2.05) is 0 Å². The molecule has 2 saturated carbocycles. The van der Waals surface area contributed by atoms with Crippen LogP contribution in [-0.2, 0) is 0 Å². The number of hydrogen-bond acceptors (Lipinski definition) is 3. The van der Waals surface area contributed by atoms with E-state index in [2.05, 4.69) is 25.2 Å². The van der Waals surface area contributed by atoms with Crippen LogP contribution < -0.4 is 5.32 Å². The minimum Gasteiger partial charge on any atom is -0.370 e. The zero-order valence-corrected chi connectivity index (χ0v) is 12.2. The van der Waals surface area contributed by atoms with Crippen molar-refractivity contribution in [3.63, 3.8) is 0 Å². The summed E-state index contributed by atoms with van der Waals surface area (Å²) in [6.45, 7) is 5.42. The van der Waals surface area contributed by atoms with E-state index in [-0.39, 0.29) is 0 Å². The molecule has 2 atom stereocenters. The Hall–Kier alpha value is -1.12. The summed E-state index contributed by atoms with van der Waals surface area (Å²) in [6.07, 6.45) is 7.86. The van der Waals surface area contributed by atoms with Crippen LogP contribution in [0.4, 0.5) is 5.82 Å². The van der Waals surface area contributed by atoms with Crippen molar-refractivity contribution in [3.8, 4) is 0 Å². The molecular formula is C16H25N3. The molecule has 2 unspecified atom stereocenters. The largest absolute Gasteiger partial charge is 0.370 e. The maximum atomic E-state index is 4.88. The van der Waals surface area contributed by atoms with E-state index in [0.29, 0.717) is 11.8 Å². The van der Waals surface area contributed by atoms with Gasteiger partial charge < -0.3 is 5.32 Å². The van der Waals surface area contributed by atoms with E-state index < -0.39 is 0 Å². The Kier molecular flexibility index (Phi) is 3.72. The molecule has 19 heavy (non-hydrogen) atoms. The number of rotatable bonds is 4. The van der Waals surface area contributed by atoms with Gasteiger partial charge in [0, 0.05) is 30.1 Å². The second-order valence-electron chi connectivity index (χ2n) is 6.31. The molecule has 1 N–H and O–H groups in total. The molecule has 1 heterocycles. The first-order valence-corrected chi connectivity index (χ1v) is 7.89. The lowest BCUT2D eigenvalue weighted by Crippen LogP contribution is -2.16. The molecule has 1 aromatic rings. The minimum atomic E-state index is 0.583. The maximum Gasteiger partial charge on any atom is 0.134 e. The molecule has 0 saturated heterocycles. The highest BCUT2D eigenvalue weighted by Gasteiger charge is 2.28. The summed E-state index contributed by atoms with van der Waals surface area (Å²) in [5.41, 5.74) is 1.28. The third-order valence-corrected chi connectivity index (χ3v) is 4.42. The molecule has 104 valence electrons. The average molecular weight is 259 g/mol. The highest BCUT2D eigenvalue weighted by molar-refractivity contribution is 5.38. The zero-order chi connectivity index (χ0) is 13.2. The fourth-order valence-corrected chi connectivity index (χ4v) is 3.20. The molecule has 0 bridgehead atoms. The van der Waals surface area contributed by atoms with Crippen molar-refractivity contribution in [1.29, 1.82) is 0 Å². The quantitative estimate of drug-likeness (QED) is 0.885. The highest BCUT2D eigenvalue weighted by atomic mass is 15.0. The molecule has 0 radical (unpaired) electrons. The Morgan fingerprint density at radius 2 is 2.00 bits per heavy atom. The lowest BCUT2D eigenvalue weighted by molar-refractivity contribution is 0.335. The fourth-order valence-electron chi connectivity index (χ4n) is 3.20. The van der Waals surface area contributed by atoms with Crippen LogP contribution in [0.15, 0.2) is 6.07 Å². The number of nitrogens with zero attached hydrogens (tertiary/aromatic N) is 2. The van der Waals surface area contributed by atoms with Crippen molar-refractivity contribution >= 4 is 5.82 Å². The Morgan fingerprint density at radius 1 is 1.16 bits per heavy atom. The van der Waals surface area contributed by atoms with Crippen LogP contribution in [0.5, 0.6) is 0 Å². The average Bonchev–Trinajstić information content (AvgIpc) is 3.23. The molecule has 2 fully saturated rings. The summed E-state index contributed by atoms with van der Waals surface area (Å²) < 4.78 is 0. The monoisotopic (exact) mass is 259 g/mol. The second kappa shape index (κ2) is 5.48. The van der Waals surface area contributed by atoms with Gasteiger partial charge in [0.2, 0.25) is 0 Å². The topological polar surface area (TPSA) is 37.8 Å². The third-order valence-electron chi connectivity index (χ3n) is 4.42. The summed E-state index contributed by atoms with van der Waals surface area (Å²) in [7, 11) is 0. The summed E-state index contributed by atoms with van der Waals surface area (Å²) >= 11 is 0. The summed E-state index contributed by atoms with van der Waals surface area (Å²) in [5, 5.41) is 3.37. The Bertz CT molecular complexity index is 440. The van der Waals surface area contributed by atoms with E-state index in [0.717, 1.165) is 24.1 Å². The van der Waals surface area contributed by atoms with Crippen molar-refractivity contribution in [3.05, 3.63) is 17.6 Å². The van der Waals surface area contributed by atoms with Gasteiger partial charge in [0.1, 0.15) is 11.6 Å². The van der Waals surface area contributed by atoms with Crippen molar-refractivity contribution in [2.24, 2.45) is 5.92 Å². The van der Waals surface area contributed by atoms with E-state index in [1.165, 1.54) is 44.2 Å². The Morgan fingerprint density at radius 3 is 2.68 bits per heavy atom. The first-order valence-electron chi connectivity index (χ1n) is 7.89. The number of hydrogen-bond donors (Lipinski definition) is 1. The normalized spacial score (nSPS) is 27.3. The molecule has 1 aromatic heterocycles. The van der Waals surface area contributed by atoms with E-state index >= 15 is 0 Å². The van der Waals surface area contributed by atoms with Crippen LogP contribution in [0.2, 0.25) is 0 Å². The molecule has 0 aliphatic heterocycles.